The maximum absolute atomic E-state index is 9.56. The molecule has 1 unspecified atom stereocenters. The van der Waals surface area contributed by atoms with Crippen LogP contribution in [0.15, 0.2) is 0 Å². The van der Waals surface area contributed by atoms with Gasteiger partial charge in [0.2, 0.25) is 0 Å². The van der Waals surface area contributed by atoms with Crippen molar-refractivity contribution in [1.29, 1.82) is 0 Å². The fraction of sp³-hybridized carbons (Fsp3) is 1.00. The molecule has 1 N–H and O–H groups in total. The predicted molar refractivity (Wildman–Crippen MR) is 56.5 cm³/mol. The summed E-state index contributed by atoms with van der Waals surface area (Å²) in [6.07, 6.45) is -0.417. The lowest BCUT2D eigenvalue weighted by Gasteiger charge is -2.28. The highest BCUT2D eigenvalue weighted by molar-refractivity contribution is 4.67. The van der Waals surface area contributed by atoms with Crippen LogP contribution in [0.2, 0.25) is 0 Å². The van der Waals surface area contributed by atoms with Crippen molar-refractivity contribution in [2.45, 2.75) is 26.0 Å². The van der Waals surface area contributed by atoms with Crippen molar-refractivity contribution in [3.8, 4) is 0 Å². The molecule has 0 bridgehead atoms. The summed E-state index contributed by atoms with van der Waals surface area (Å²) in [7, 11) is 3.28. The predicted octanol–water partition coefficient (Wildman–Crippen LogP) is 0.350. The summed E-state index contributed by atoms with van der Waals surface area (Å²) >= 11 is 0. The van der Waals surface area contributed by atoms with E-state index in [-0.39, 0.29) is 0 Å². The van der Waals surface area contributed by atoms with E-state index in [9.17, 15) is 5.11 Å². The molecular formula is C10H23NO3. The standard InChI is InChI=1S/C10H23NO3/c1-9(2)11(5-6-13-3)7-10(12)8-14-4/h9-10,12H,5-8H2,1-4H3. The topological polar surface area (TPSA) is 41.9 Å². The van der Waals surface area contributed by atoms with E-state index >= 15 is 0 Å². The summed E-state index contributed by atoms with van der Waals surface area (Å²) < 4.78 is 9.89. The molecule has 0 radical (unpaired) electrons. The largest absolute Gasteiger partial charge is 0.389 e. The molecule has 0 aliphatic carbocycles. The van der Waals surface area contributed by atoms with Crippen LogP contribution in [-0.2, 0) is 9.47 Å². The molecule has 1 atom stereocenters. The maximum Gasteiger partial charge on any atom is 0.0900 e. The van der Waals surface area contributed by atoms with Crippen molar-refractivity contribution >= 4 is 0 Å². The second kappa shape index (κ2) is 8.17. The molecule has 86 valence electrons. The van der Waals surface area contributed by atoms with Crippen LogP contribution in [0, 0.1) is 0 Å². The van der Waals surface area contributed by atoms with Crippen LogP contribution in [0.5, 0.6) is 0 Å². The third kappa shape index (κ3) is 6.32. The Kier molecular flexibility index (Phi) is 8.08. The van der Waals surface area contributed by atoms with Gasteiger partial charge in [0.1, 0.15) is 0 Å². The molecular weight excluding hydrogens is 182 g/mol. The van der Waals surface area contributed by atoms with Gasteiger partial charge < -0.3 is 14.6 Å². The second-order valence-electron chi connectivity index (χ2n) is 3.69. The minimum absolute atomic E-state index is 0.385. The number of aliphatic hydroxyl groups excluding tert-OH is 1. The van der Waals surface area contributed by atoms with Crippen molar-refractivity contribution < 1.29 is 14.6 Å². The zero-order chi connectivity index (χ0) is 11.0. The zero-order valence-electron chi connectivity index (χ0n) is 9.69. The van der Waals surface area contributed by atoms with Crippen LogP contribution in [0.4, 0.5) is 0 Å². The molecule has 0 aliphatic heterocycles. The first-order valence-electron chi connectivity index (χ1n) is 5.01. The van der Waals surface area contributed by atoms with Crippen LogP contribution < -0.4 is 0 Å². The van der Waals surface area contributed by atoms with Gasteiger partial charge in [-0.2, -0.15) is 0 Å². The van der Waals surface area contributed by atoms with Gasteiger partial charge in [0.15, 0.2) is 0 Å². The van der Waals surface area contributed by atoms with E-state index in [4.69, 9.17) is 9.47 Å². The van der Waals surface area contributed by atoms with Gasteiger partial charge in [-0.1, -0.05) is 0 Å². The second-order valence-corrected chi connectivity index (χ2v) is 3.69. The highest BCUT2D eigenvalue weighted by Gasteiger charge is 2.13. The molecule has 0 aromatic rings. The smallest absolute Gasteiger partial charge is 0.0900 e. The summed E-state index contributed by atoms with van der Waals surface area (Å²) in [5.74, 6) is 0. The van der Waals surface area contributed by atoms with Crippen LogP contribution in [0.3, 0.4) is 0 Å². The molecule has 4 nitrogen and oxygen atoms in total. The molecule has 0 spiro atoms. The van der Waals surface area contributed by atoms with Crippen LogP contribution in [0.1, 0.15) is 13.8 Å². The molecule has 0 amide bonds. The Morgan fingerprint density at radius 1 is 1.21 bits per heavy atom. The van der Waals surface area contributed by atoms with Gasteiger partial charge in [-0.05, 0) is 13.8 Å². The number of nitrogens with zero attached hydrogens (tertiary/aromatic N) is 1. The van der Waals surface area contributed by atoms with E-state index in [1.165, 1.54) is 0 Å². The molecule has 0 saturated heterocycles. The Morgan fingerprint density at radius 3 is 2.29 bits per heavy atom. The summed E-state index contributed by atoms with van der Waals surface area (Å²) in [6, 6.07) is 0.414. The molecule has 0 heterocycles. The highest BCUT2D eigenvalue weighted by atomic mass is 16.5. The van der Waals surface area contributed by atoms with Gasteiger partial charge in [-0.25, -0.2) is 0 Å². The number of hydrogen-bond acceptors (Lipinski definition) is 4. The van der Waals surface area contributed by atoms with Gasteiger partial charge in [0, 0.05) is 33.4 Å². The third-order valence-electron chi connectivity index (χ3n) is 2.12. The number of hydrogen-bond donors (Lipinski definition) is 1. The molecule has 0 fully saturated rings. The minimum atomic E-state index is -0.417. The molecule has 0 aliphatic rings. The Balaban J connectivity index is 3.82. The molecule has 0 aromatic heterocycles. The van der Waals surface area contributed by atoms with E-state index in [1.807, 2.05) is 0 Å². The molecule has 14 heavy (non-hydrogen) atoms. The van der Waals surface area contributed by atoms with Gasteiger partial charge in [0.05, 0.1) is 19.3 Å². The summed E-state index contributed by atoms with van der Waals surface area (Å²) in [5, 5.41) is 9.56. The minimum Gasteiger partial charge on any atom is -0.389 e. The lowest BCUT2D eigenvalue weighted by Crippen LogP contribution is -2.41. The number of aliphatic hydroxyl groups is 1. The van der Waals surface area contributed by atoms with Gasteiger partial charge in [-0.15, -0.1) is 0 Å². The fourth-order valence-corrected chi connectivity index (χ4v) is 1.28. The molecule has 0 aromatic carbocycles. The number of ether oxygens (including phenoxy) is 2. The van der Waals surface area contributed by atoms with Crippen molar-refractivity contribution in [3.63, 3.8) is 0 Å². The average Bonchev–Trinajstić information content (AvgIpc) is 2.12. The monoisotopic (exact) mass is 205 g/mol. The first-order valence-corrected chi connectivity index (χ1v) is 5.01. The normalized spacial score (nSPS) is 13.9. The molecule has 0 saturated carbocycles. The third-order valence-corrected chi connectivity index (χ3v) is 2.12. The summed E-state index contributed by atoms with van der Waals surface area (Å²) in [5.41, 5.74) is 0. The Bertz CT molecular complexity index is 131. The Labute approximate surface area is 86.8 Å². The van der Waals surface area contributed by atoms with Gasteiger partial charge in [-0.3, -0.25) is 4.90 Å². The van der Waals surface area contributed by atoms with Crippen LogP contribution in [-0.4, -0.2) is 62.7 Å². The lowest BCUT2D eigenvalue weighted by molar-refractivity contribution is 0.0230. The summed E-state index contributed by atoms with van der Waals surface area (Å²) in [6.45, 7) is 6.77. The summed E-state index contributed by atoms with van der Waals surface area (Å²) in [4.78, 5) is 2.17. The average molecular weight is 205 g/mol. The molecule has 4 heteroatoms. The van der Waals surface area contributed by atoms with Crippen molar-refractivity contribution in [2.75, 3.05) is 40.5 Å². The van der Waals surface area contributed by atoms with E-state index in [0.717, 1.165) is 6.54 Å². The quantitative estimate of drug-likeness (QED) is 0.621. The molecule has 0 rings (SSSR count). The van der Waals surface area contributed by atoms with E-state index in [2.05, 4.69) is 18.7 Å². The SMILES string of the molecule is COCCN(CC(O)COC)C(C)C. The van der Waals surface area contributed by atoms with Crippen molar-refractivity contribution in [1.82, 2.24) is 4.90 Å². The van der Waals surface area contributed by atoms with Gasteiger partial charge in [0.25, 0.3) is 0 Å². The van der Waals surface area contributed by atoms with E-state index < -0.39 is 6.10 Å². The first-order chi connectivity index (χ1) is 6.61. The van der Waals surface area contributed by atoms with Crippen molar-refractivity contribution in [3.05, 3.63) is 0 Å². The first kappa shape index (κ1) is 13.8. The van der Waals surface area contributed by atoms with Crippen molar-refractivity contribution in [2.24, 2.45) is 0 Å². The Hall–Kier alpha value is -0.160. The highest BCUT2D eigenvalue weighted by Crippen LogP contribution is 2.00. The van der Waals surface area contributed by atoms with E-state index in [1.54, 1.807) is 14.2 Å². The van der Waals surface area contributed by atoms with Gasteiger partial charge >= 0.3 is 0 Å². The van der Waals surface area contributed by atoms with Crippen LogP contribution >= 0.6 is 0 Å². The zero-order valence-corrected chi connectivity index (χ0v) is 9.69. The number of rotatable bonds is 8. The Morgan fingerprint density at radius 2 is 1.86 bits per heavy atom. The van der Waals surface area contributed by atoms with E-state index in [0.29, 0.717) is 25.8 Å². The number of methoxy groups -OCH3 is 2. The van der Waals surface area contributed by atoms with Crippen LogP contribution in [0.25, 0.3) is 0 Å². The fourth-order valence-electron chi connectivity index (χ4n) is 1.28. The maximum atomic E-state index is 9.56. The lowest BCUT2D eigenvalue weighted by atomic mass is 10.2.